The number of halogens is 3. The van der Waals surface area contributed by atoms with E-state index in [0.717, 1.165) is 35.3 Å². The highest BCUT2D eigenvalue weighted by Crippen LogP contribution is 2.33. The Morgan fingerprint density at radius 2 is 1.94 bits per heavy atom. The fraction of sp³-hybridized carbons (Fsp3) is 0.400. The Morgan fingerprint density at radius 1 is 1.19 bits per heavy atom. The lowest BCUT2D eigenvalue weighted by Crippen LogP contribution is -2.31. The first-order valence-electron chi connectivity index (χ1n) is 11.4. The highest BCUT2D eigenvalue weighted by molar-refractivity contribution is 6.03. The fourth-order valence-electron chi connectivity index (χ4n) is 3.78. The number of carbonyl (C=O) groups is 1. The second kappa shape index (κ2) is 11.0. The van der Waals surface area contributed by atoms with Gasteiger partial charge in [0.2, 0.25) is 0 Å². The molecule has 0 saturated heterocycles. The van der Waals surface area contributed by atoms with Crippen LogP contribution in [0.1, 0.15) is 24.1 Å². The Balaban J connectivity index is 1.34. The Bertz CT molecular complexity index is 1220. The van der Waals surface area contributed by atoms with Crippen molar-refractivity contribution in [2.75, 3.05) is 20.3 Å². The maximum atomic E-state index is 12.3. The number of carboxylic acid groups (broad SMARTS) is 1. The molecule has 1 aliphatic carbocycles. The molecular weight excluding hydrogens is 479 g/mol. The summed E-state index contributed by atoms with van der Waals surface area (Å²) in [6.45, 7) is -0.728. The third kappa shape index (κ3) is 6.75. The average Bonchev–Trinajstić information content (AvgIpc) is 3.60. The van der Waals surface area contributed by atoms with Gasteiger partial charge in [-0.1, -0.05) is 17.3 Å². The van der Waals surface area contributed by atoms with Crippen LogP contribution in [0.5, 0.6) is 5.75 Å². The van der Waals surface area contributed by atoms with Gasteiger partial charge in [0.25, 0.3) is 0 Å². The van der Waals surface area contributed by atoms with Gasteiger partial charge < -0.3 is 24.0 Å². The minimum Gasteiger partial charge on any atom is -0.492 e. The lowest BCUT2D eigenvalue weighted by atomic mass is 10.1. The molecule has 11 heteroatoms. The molecule has 1 saturated carbocycles. The number of alkyl halides is 3. The van der Waals surface area contributed by atoms with Gasteiger partial charge in [0.1, 0.15) is 37.4 Å². The van der Waals surface area contributed by atoms with Crippen LogP contribution in [0.4, 0.5) is 13.2 Å². The van der Waals surface area contributed by atoms with Crippen molar-refractivity contribution in [1.29, 1.82) is 0 Å². The SMILES string of the molecule is CON=C(c1ccc2ccn(CCOc3ccc(CC(OCC(F)(F)F)C(=O)O)cc3)c2n1)C1CC1. The molecule has 0 amide bonds. The quantitative estimate of drug-likeness (QED) is 0.289. The molecule has 0 radical (unpaired) electrons. The summed E-state index contributed by atoms with van der Waals surface area (Å²) < 4.78 is 49.4. The van der Waals surface area contributed by atoms with Gasteiger partial charge >= 0.3 is 12.1 Å². The van der Waals surface area contributed by atoms with E-state index in [4.69, 9.17) is 19.7 Å². The van der Waals surface area contributed by atoms with Gasteiger partial charge in [-0.15, -0.1) is 0 Å². The summed E-state index contributed by atoms with van der Waals surface area (Å²) in [5.74, 6) is -0.519. The molecular formula is C25H26F3N3O5. The van der Waals surface area contributed by atoms with Gasteiger partial charge in [-0.25, -0.2) is 9.78 Å². The third-order valence-corrected chi connectivity index (χ3v) is 5.70. The van der Waals surface area contributed by atoms with E-state index in [0.29, 0.717) is 30.4 Å². The largest absolute Gasteiger partial charge is 0.492 e. The molecule has 1 unspecified atom stereocenters. The van der Waals surface area contributed by atoms with E-state index in [-0.39, 0.29) is 6.42 Å². The number of benzene rings is 1. The second-order valence-electron chi connectivity index (χ2n) is 8.50. The first-order chi connectivity index (χ1) is 17.2. The van der Waals surface area contributed by atoms with E-state index >= 15 is 0 Å². The van der Waals surface area contributed by atoms with Crippen LogP contribution in [-0.4, -0.2) is 58.9 Å². The molecule has 1 fully saturated rings. The van der Waals surface area contributed by atoms with Gasteiger partial charge in [-0.2, -0.15) is 13.2 Å². The van der Waals surface area contributed by atoms with Crippen LogP contribution in [-0.2, 0) is 27.3 Å². The number of carboxylic acids is 1. The topological polar surface area (TPSA) is 95.2 Å². The number of ether oxygens (including phenoxy) is 2. The smallest absolute Gasteiger partial charge is 0.411 e. The van der Waals surface area contributed by atoms with Crippen LogP contribution in [0, 0.1) is 5.92 Å². The van der Waals surface area contributed by atoms with E-state index < -0.39 is 24.9 Å². The van der Waals surface area contributed by atoms with E-state index in [1.165, 1.54) is 7.11 Å². The maximum Gasteiger partial charge on any atom is 0.411 e. The number of aliphatic carboxylic acids is 1. The molecule has 0 spiro atoms. The summed E-state index contributed by atoms with van der Waals surface area (Å²) in [6, 6.07) is 12.4. The maximum absolute atomic E-state index is 12.3. The predicted molar refractivity (Wildman–Crippen MR) is 125 cm³/mol. The highest BCUT2D eigenvalue weighted by Gasteiger charge is 2.32. The van der Waals surface area contributed by atoms with E-state index in [1.54, 1.807) is 24.3 Å². The number of oxime groups is 1. The molecule has 1 atom stereocenters. The van der Waals surface area contributed by atoms with Gasteiger partial charge in [-0.3, -0.25) is 0 Å². The summed E-state index contributed by atoms with van der Waals surface area (Å²) in [4.78, 5) is 21.0. The van der Waals surface area contributed by atoms with Crippen molar-refractivity contribution in [1.82, 2.24) is 9.55 Å². The monoisotopic (exact) mass is 505 g/mol. The Labute approximate surface area is 205 Å². The Hall–Kier alpha value is -3.60. The molecule has 2 aromatic heterocycles. The number of aromatic nitrogens is 2. The van der Waals surface area contributed by atoms with Crippen LogP contribution in [0.2, 0.25) is 0 Å². The normalized spacial score (nSPS) is 15.2. The van der Waals surface area contributed by atoms with E-state index in [2.05, 4.69) is 9.89 Å². The molecule has 36 heavy (non-hydrogen) atoms. The molecule has 4 rings (SSSR count). The summed E-state index contributed by atoms with van der Waals surface area (Å²) in [5.41, 5.74) is 2.99. The van der Waals surface area contributed by atoms with Gasteiger partial charge in [0.15, 0.2) is 6.10 Å². The second-order valence-corrected chi connectivity index (χ2v) is 8.50. The Kier molecular flexibility index (Phi) is 7.78. The number of hydrogen-bond donors (Lipinski definition) is 1. The lowest BCUT2D eigenvalue weighted by molar-refractivity contribution is -0.192. The number of nitrogens with zero attached hydrogens (tertiary/aromatic N) is 3. The van der Waals surface area contributed by atoms with E-state index in [9.17, 15) is 18.0 Å². The van der Waals surface area contributed by atoms with Gasteiger partial charge in [0, 0.05) is 23.9 Å². The molecule has 2 heterocycles. The minimum absolute atomic E-state index is 0.190. The minimum atomic E-state index is -4.59. The van der Waals surface area contributed by atoms with Crippen LogP contribution in [0.3, 0.4) is 0 Å². The van der Waals surface area contributed by atoms with Crippen molar-refractivity contribution in [3.05, 3.63) is 59.9 Å². The van der Waals surface area contributed by atoms with Crippen LogP contribution in [0.15, 0.2) is 53.8 Å². The zero-order chi connectivity index (χ0) is 25.7. The summed E-state index contributed by atoms with van der Waals surface area (Å²) in [6.07, 6.45) is -2.28. The molecule has 8 nitrogen and oxygen atoms in total. The first kappa shape index (κ1) is 25.5. The van der Waals surface area contributed by atoms with Crippen LogP contribution >= 0.6 is 0 Å². The van der Waals surface area contributed by atoms with Gasteiger partial charge in [0.05, 0.1) is 12.2 Å². The van der Waals surface area contributed by atoms with Gasteiger partial charge in [-0.05, 0) is 48.7 Å². The summed E-state index contributed by atoms with van der Waals surface area (Å²) in [7, 11) is 1.53. The van der Waals surface area contributed by atoms with E-state index in [1.807, 2.05) is 29.0 Å². The Morgan fingerprint density at radius 3 is 2.58 bits per heavy atom. The van der Waals surface area contributed by atoms with Crippen molar-refractivity contribution in [2.24, 2.45) is 11.1 Å². The van der Waals surface area contributed by atoms with Crippen molar-refractivity contribution >= 4 is 22.7 Å². The first-order valence-corrected chi connectivity index (χ1v) is 11.4. The zero-order valence-corrected chi connectivity index (χ0v) is 19.6. The lowest BCUT2D eigenvalue weighted by Gasteiger charge is -2.15. The fourth-order valence-corrected chi connectivity index (χ4v) is 3.78. The molecule has 192 valence electrons. The van der Waals surface area contributed by atoms with Crippen LogP contribution < -0.4 is 4.74 Å². The number of fused-ring (bicyclic) bond motifs is 1. The predicted octanol–water partition coefficient (Wildman–Crippen LogP) is 4.45. The molecule has 0 bridgehead atoms. The molecule has 1 N–H and O–H groups in total. The average molecular weight is 505 g/mol. The molecule has 1 aromatic carbocycles. The zero-order valence-electron chi connectivity index (χ0n) is 19.6. The van der Waals surface area contributed by atoms with Crippen molar-refractivity contribution in [3.8, 4) is 5.75 Å². The van der Waals surface area contributed by atoms with Crippen LogP contribution in [0.25, 0.3) is 11.0 Å². The van der Waals surface area contributed by atoms with Crippen molar-refractivity contribution in [3.63, 3.8) is 0 Å². The third-order valence-electron chi connectivity index (χ3n) is 5.70. The molecule has 3 aromatic rings. The molecule has 1 aliphatic rings. The number of pyridine rings is 1. The molecule has 0 aliphatic heterocycles. The number of hydrogen-bond acceptors (Lipinski definition) is 6. The number of rotatable bonds is 12. The summed E-state index contributed by atoms with van der Waals surface area (Å²) >= 11 is 0. The summed E-state index contributed by atoms with van der Waals surface area (Å²) in [5, 5.41) is 14.3. The highest BCUT2D eigenvalue weighted by atomic mass is 19.4. The van der Waals surface area contributed by atoms with Crippen molar-refractivity contribution < 1.29 is 37.4 Å². The van der Waals surface area contributed by atoms with Crippen molar-refractivity contribution in [2.45, 2.75) is 38.1 Å². The standard InChI is InChI=1S/C25H26F3N3O5/c1-34-30-22(17-4-5-17)20-9-6-18-10-11-31(23(18)29-20)12-13-35-19-7-2-16(3-8-19)14-21(24(32)33)36-15-25(26,27)28/h2-3,6-11,17,21H,4-5,12-15H2,1H3,(H,32,33).